The van der Waals surface area contributed by atoms with Crippen molar-refractivity contribution in [2.24, 2.45) is 11.8 Å². The molecule has 4 rings (SSSR count). The van der Waals surface area contributed by atoms with Crippen molar-refractivity contribution in [2.75, 3.05) is 41.8 Å². The largest absolute Gasteiger partial charge is 0.486 e. The fraction of sp³-hybridized carbons (Fsp3) is 0.520. The molecule has 0 bridgehead atoms. The summed E-state index contributed by atoms with van der Waals surface area (Å²) in [5.74, 6) is -0.0351. The molecule has 3 heterocycles. The molecule has 1 atom stereocenters. The van der Waals surface area contributed by atoms with Crippen LogP contribution < -0.4 is 36.3 Å². The summed E-state index contributed by atoms with van der Waals surface area (Å²) in [5, 5.41) is 0. The van der Waals surface area contributed by atoms with Crippen LogP contribution in [0.5, 0.6) is 11.5 Å². The molecule has 1 aromatic carbocycles. The Morgan fingerprint density at radius 1 is 1.19 bits per heavy atom. The predicted molar refractivity (Wildman–Crippen MR) is 136 cm³/mol. The highest BCUT2D eigenvalue weighted by Gasteiger charge is 2.39. The molecule has 1 fully saturated rings. The van der Waals surface area contributed by atoms with Gasteiger partial charge < -0.3 is 25.0 Å². The number of amides is 2. The van der Waals surface area contributed by atoms with E-state index in [0.29, 0.717) is 43.4 Å². The zero-order chi connectivity index (χ0) is 26.0. The van der Waals surface area contributed by atoms with Crippen LogP contribution in [0.4, 0.5) is 17.2 Å². The first kappa shape index (κ1) is 25.3. The van der Waals surface area contributed by atoms with Gasteiger partial charge in [0.2, 0.25) is 11.8 Å². The van der Waals surface area contributed by atoms with Gasteiger partial charge in [-0.1, -0.05) is 27.2 Å². The average Bonchev–Trinajstić information content (AvgIpc) is 3.24. The molecule has 36 heavy (non-hydrogen) atoms. The maximum Gasteiger partial charge on any atom is 0.330 e. The number of fused-ring (bicyclic) bond motifs is 1. The third kappa shape index (κ3) is 4.95. The van der Waals surface area contributed by atoms with Gasteiger partial charge in [-0.3, -0.25) is 23.9 Å². The van der Waals surface area contributed by atoms with Gasteiger partial charge >= 0.3 is 5.69 Å². The van der Waals surface area contributed by atoms with Crippen LogP contribution in [0.15, 0.2) is 27.8 Å². The smallest absolute Gasteiger partial charge is 0.330 e. The maximum absolute atomic E-state index is 13.7. The van der Waals surface area contributed by atoms with E-state index >= 15 is 0 Å². The number of nitrogen functional groups attached to an aromatic ring is 1. The van der Waals surface area contributed by atoms with Crippen LogP contribution in [0.2, 0.25) is 0 Å². The zero-order valence-electron chi connectivity index (χ0n) is 20.9. The third-order valence-corrected chi connectivity index (χ3v) is 6.34. The second-order valence-electron chi connectivity index (χ2n) is 9.57. The Hall–Kier alpha value is -3.76. The number of carbonyl (C=O) groups is 2. The van der Waals surface area contributed by atoms with Crippen LogP contribution in [0.25, 0.3) is 0 Å². The highest BCUT2D eigenvalue weighted by Crippen LogP contribution is 2.36. The number of hydrogen-bond donors (Lipinski definition) is 2. The van der Waals surface area contributed by atoms with Crippen molar-refractivity contribution in [1.29, 1.82) is 0 Å². The lowest BCUT2D eigenvalue weighted by molar-refractivity contribution is -0.124. The van der Waals surface area contributed by atoms with E-state index in [1.54, 1.807) is 23.1 Å². The van der Waals surface area contributed by atoms with Crippen molar-refractivity contribution in [3.05, 3.63) is 39.0 Å². The molecule has 0 unspecified atom stereocenters. The Bertz CT molecular complexity index is 1270. The minimum Gasteiger partial charge on any atom is -0.486 e. The Morgan fingerprint density at radius 2 is 1.92 bits per heavy atom. The van der Waals surface area contributed by atoms with Gasteiger partial charge in [0.05, 0.1) is 5.92 Å². The fourth-order valence-electron chi connectivity index (χ4n) is 4.58. The van der Waals surface area contributed by atoms with E-state index in [1.807, 2.05) is 20.8 Å². The van der Waals surface area contributed by atoms with Crippen molar-refractivity contribution in [3.8, 4) is 11.5 Å². The molecule has 1 aromatic heterocycles. The Morgan fingerprint density at radius 3 is 2.61 bits per heavy atom. The lowest BCUT2D eigenvalue weighted by Crippen LogP contribution is -2.44. The number of carbonyl (C=O) groups excluding carboxylic acids is 2. The lowest BCUT2D eigenvalue weighted by Gasteiger charge is -2.27. The van der Waals surface area contributed by atoms with Gasteiger partial charge in [-0.15, -0.1) is 0 Å². The molecular formula is C25H33N5O6. The first-order valence-electron chi connectivity index (χ1n) is 12.3. The molecule has 1 saturated heterocycles. The van der Waals surface area contributed by atoms with E-state index in [0.717, 1.165) is 6.42 Å². The number of benzene rings is 1. The van der Waals surface area contributed by atoms with E-state index in [9.17, 15) is 19.2 Å². The van der Waals surface area contributed by atoms with Crippen molar-refractivity contribution >= 4 is 29.0 Å². The van der Waals surface area contributed by atoms with Crippen LogP contribution in [-0.2, 0) is 16.1 Å². The minimum atomic E-state index is -0.713. The summed E-state index contributed by atoms with van der Waals surface area (Å²) in [5.41, 5.74) is 5.54. The number of unbranched alkanes of at least 4 members (excludes halogenated alkanes) is 1. The highest BCUT2D eigenvalue weighted by atomic mass is 16.6. The number of rotatable bonds is 8. The quantitative estimate of drug-likeness (QED) is 0.564. The summed E-state index contributed by atoms with van der Waals surface area (Å²) in [4.78, 5) is 57.1. The SMILES string of the molecule is CCCCN(C(=O)[C@H]1CC(=O)N(c2ccc3c(c2)OCCO3)C1)c1c(N)n(CC(C)C)c(=O)[nH]c1=O. The average molecular weight is 500 g/mol. The topological polar surface area (TPSA) is 140 Å². The van der Waals surface area contributed by atoms with E-state index in [4.69, 9.17) is 15.2 Å². The number of hydrogen-bond acceptors (Lipinski definition) is 7. The van der Waals surface area contributed by atoms with Crippen molar-refractivity contribution in [2.45, 2.75) is 46.6 Å². The number of ether oxygens (including phenoxy) is 2. The number of nitrogens with zero attached hydrogens (tertiary/aromatic N) is 3. The second kappa shape index (κ2) is 10.5. The molecule has 0 spiro atoms. The molecule has 2 aliphatic rings. The Labute approximate surface area is 208 Å². The van der Waals surface area contributed by atoms with E-state index < -0.39 is 17.2 Å². The van der Waals surface area contributed by atoms with E-state index in [1.165, 1.54) is 9.47 Å². The van der Waals surface area contributed by atoms with E-state index in [2.05, 4.69) is 4.98 Å². The summed E-state index contributed by atoms with van der Waals surface area (Å²) in [6, 6.07) is 5.24. The van der Waals surface area contributed by atoms with Crippen LogP contribution in [0.3, 0.4) is 0 Å². The molecule has 0 aliphatic carbocycles. The van der Waals surface area contributed by atoms with Crippen LogP contribution in [0, 0.1) is 11.8 Å². The molecule has 0 saturated carbocycles. The monoisotopic (exact) mass is 499 g/mol. The molecule has 2 amide bonds. The third-order valence-electron chi connectivity index (χ3n) is 6.34. The van der Waals surface area contributed by atoms with Crippen LogP contribution in [0.1, 0.15) is 40.0 Å². The maximum atomic E-state index is 13.7. The standard InChI is InChI=1S/C25H33N5O6/c1-4-5-8-28(21-22(26)30(13-15(2)3)25(34)27-23(21)32)24(33)16-11-20(31)29(14-16)17-6-7-18-19(12-17)36-10-9-35-18/h6-7,12,15-16H,4-5,8-11,13-14,26H2,1-3H3,(H,27,32,34)/t16-/m0/s1. The Balaban J connectivity index is 1.64. The van der Waals surface area contributed by atoms with Gasteiger partial charge in [0.25, 0.3) is 5.56 Å². The van der Waals surface area contributed by atoms with Gasteiger partial charge in [0, 0.05) is 37.8 Å². The van der Waals surface area contributed by atoms with Crippen molar-refractivity contribution in [3.63, 3.8) is 0 Å². The molecule has 194 valence electrons. The van der Waals surface area contributed by atoms with Crippen molar-refractivity contribution in [1.82, 2.24) is 9.55 Å². The molecule has 11 heteroatoms. The summed E-state index contributed by atoms with van der Waals surface area (Å²) in [7, 11) is 0. The minimum absolute atomic E-state index is 0.000652. The number of aromatic nitrogens is 2. The summed E-state index contributed by atoms with van der Waals surface area (Å²) in [6.45, 7) is 7.41. The van der Waals surface area contributed by atoms with Crippen LogP contribution >= 0.6 is 0 Å². The fourth-order valence-corrected chi connectivity index (χ4v) is 4.58. The summed E-state index contributed by atoms with van der Waals surface area (Å²) in [6.07, 6.45) is 1.40. The zero-order valence-corrected chi connectivity index (χ0v) is 20.9. The molecule has 3 N–H and O–H groups in total. The van der Waals surface area contributed by atoms with Gasteiger partial charge in [0.1, 0.15) is 19.0 Å². The summed E-state index contributed by atoms with van der Waals surface area (Å²) >= 11 is 0. The molecule has 0 radical (unpaired) electrons. The van der Waals surface area contributed by atoms with E-state index in [-0.39, 0.29) is 48.7 Å². The second-order valence-corrected chi connectivity index (χ2v) is 9.57. The molecule has 2 aliphatic heterocycles. The first-order valence-corrected chi connectivity index (χ1v) is 12.3. The number of H-pyrrole nitrogens is 1. The predicted octanol–water partition coefficient (Wildman–Crippen LogP) is 1.73. The molecular weight excluding hydrogens is 466 g/mol. The number of anilines is 3. The number of aromatic amines is 1. The van der Waals surface area contributed by atoms with Crippen LogP contribution in [-0.4, -0.2) is 47.7 Å². The van der Waals surface area contributed by atoms with Gasteiger partial charge in [-0.05, 0) is 24.5 Å². The lowest BCUT2D eigenvalue weighted by atomic mass is 10.1. The normalized spacial score (nSPS) is 17.1. The molecule has 2 aromatic rings. The number of nitrogens with one attached hydrogen (secondary N) is 1. The number of nitrogens with two attached hydrogens (primary N) is 1. The molecule has 11 nitrogen and oxygen atoms in total. The Kier molecular flexibility index (Phi) is 7.37. The van der Waals surface area contributed by atoms with Gasteiger partial charge in [-0.2, -0.15) is 0 Å². The highest BCUT2D eigenvalue weighted by molar-refractivity contribution is 6.05. The van der Waals surface area contributed by atoms with Gasteiger partial charge in [-0.25, -0.2) is 4.79 Å². The van der Waals surface area contributed by atoms with Gasteiger partial charge in [0.15, 0.2) is 17.2 Å². The van der Waals surface area contributed by atoms with Crippen molar-refractivity contribution < 1.29 is 19.1 Å². The first-order chi connectivity index (χ1) is 17.2. The summed E-state index contributed by atoms with van der Waals surface area (Å²) < 4.78 is 12.5.